The minimum Gasteiger partial charge on any atom is -0.480 e. The molecule has 114 valence electrons. The summed E-state index contributed by atoms with van der Waals surface area (Å²) in [6, 6.07) is 6.15. The van der Waals surface area contributed by atoms with Crippen LogP contribution in [0.3, 0.4) is 0 Å². The van der Waals surface area contributed by atoms with E-state index < -0.39 is 12.0 Å². The Bertz CT molecular complexity index is 523. The molecule has 1 aromatic carbocycles. The van der Waals surface area contributed by atoms with Crippen LogP contribution in [-0.2, 0) is 16.1 Å². The third kappa shape index (κ3) is 3.89. The number of hydrogen-bond donors (Lipinski definition) is 2. The van der Waals surface area contributed by atoms with Crippen LogP contribution < -0.4 is 5.32 Å². The fraction of sp³-hybridized carbons (Fsp3) is 0.429. The zero-order chi connectivity index (χ0) is 15.2. The number of carbonyl (C=O) groups excluding carboxylic acids is 1. The summed E-state index contributed by atoms with van der Waals surface area (Å²) in [6.07, 6.45) is 0. The van der Waals surface area contributed by atoms with Crippen LogP contribution in [0.4, 0.5) is 10.5 Å². The third-order valence-electron chi connectivity index (χ3n) is 3.23. The molecule has 1 aliphatic heterocycles. The van der Waals surface area contributed by atoms with E-state index in [4.69, 9.17) is 4.74 Å². The number of para-hydroxylation sites is 1. The third-order valence-corrected chi connectivity index (χ3v) is 4.26. The van der Waals surface area contributed by atoms with E-state index in [9.17, 15) is 14.7 Å². The van der Waals surface area contributed by atoms with E-state index in [1.54, 1.807) is 24.9 Å². The Labute approximate surface area is 127 Å². The van der Waals surface area contributed by atoms with Gasteiger partial charge < -0.3 is 20.1 Å². The smallest absolute Gasteiger partial charge is 0.327 e. The predicted molar refractivity (Wildman–Crippen MR) is 81.6 cm³/mol. The number of carboxylic acid groups (broad SMARTS) is 1. The van der Waals surface area contributed by atoms with Crippen molar-refractivity contribution >= 4 is 29.4 Å². The summed E-state index contributed by atoms with van der Waals surface area (Å²) >= 11 is 1.55. The molecule has 1 heterocycles. The van der Waals surface area contributed by atoms with Gasteiger partial charge in [0.25, 0.3) is 0 Å². The quantitative estimate of drug-likeness (QED) is 0.887. The van der Waals surface area contributed by atoms with Crippen molar-refractivity contribution in [3.63, 3.8) is 0 Å². The lowest BCUT2D eigenvalue weighted by molar-refractivity contribution is -0.141. The lowest BCUT2D eigenvalue weighted by Gasteiger charge is -2.32. The minimum atomic E-state index is -0.970. The number of anilines is 1. The van der Waals surface area contributed by atoms with Gasteiger partial charge in [-0.15, -0.1) is 0 Å². The number of thioether (sulfide) groups is 1. The van der Waals surface area contributed by atoms with Crippen LogP contribution in [0, 0.1) is 0 Å². The van der Waals surface area contributed by atoms with Crippen LogP contribution in [0.5, 0.6) is 0 Å². The fourth-order valence-electron chi connectivity index (χ4n) is 2.16. The molecule has 1 unspecified atom stereocenters. The van der Waals surface area contributed by atoms with Crippen molar-refractivity contribution in [2.24, 2.45) is 0 Å². The molecule has 21 heavy (non-hydrogen) atoms. The normalized spacial score (nSPS) is 18.3. The molecule has 0 spiro atoms. The summed E-state index contributed by atoms with van der Waals surface area (Å²) in [5.41, 5.74) is 1.50. The van der Waals surface area contributed by atoms with E-state index in [-0.39, 0.29) is 6.03 Å². The van der Waals surface area contributed by atoms with Gasteiger partial charge in [0.1, 0.15) is 6.04 Å². The molecular formula is C14H18N2O4S. The lowest BCUT2D eigenvalue weighted by Crippen LogP contribution is -2.51. The molecule has 1 fully saturated rings. The molecule has 7 heteroatoms. The van der Waals surface area contributed by atoms with Crippen LogP contribution in [0.15, 0.2) is 24.3 Å². The van der Waals surface area contributed by atoms with Gasteiger partial charge in [-0.25, -0.2) is 9.59 Å². The van der Waals surface area contributed by atoms with E-state index in [0.717, 1.165) is 11.3 Å². The maximum absolute atomic E-state index is 12.3. The zero-order valence-corrected chi connectivity index (χ0v) is 12.6. The average Bonchev–Trinajstić information content (AvgIpc) is 2.49. The summed E-state index contributed by atoms with van der Waals surface area (Å²) in [5, 5.41) is 12.0. The van der Waals surface area contributed by atoms with Crippen LogP contribution >= 0.6 is 11.8 Å². The molecule has 1 aromatic rings. The topological polar surface area (TPSA) is 78.9 Å². The van der Waals surface area contributed by atoms with Gasteiger partial charge in [0, 0.05) is 36.4 Å². The summed E-state index contributed by atoms with van der Waals surface area (Å²) in [4.78, 5) is 25.0. The maximum Gasteiger partial charge on any atom is 0.327 e. The van der Waals surface area contributed by atoms with E-state index in [0.29, 0.717) is 24.6 Å². The first kappa shape index (κ1) is 15.7. The molecule has 1 aliphatic rings. The number of hydrogen-bond acceptors (Lipinski definition) is 4. The number of ether oxygens (including phenoxy) is 1. The summed E-state index contributed by atoms with van der Waals surface area (Å²) in [6.45, 7) is 0.814. The summed E-state index contributed by atoms with van der Waals surface area (Å²) in [5.74, 6) is 0.196. The first-order valence-electron chi connectivity index (χ1n) is 6.58. The molecular weight excluding hydrogens is 292 g/mol. The molecule has 2 amide bonds. The second-order valence-corrected chi connectivity index (χ2v) is 5.79. The number of carbonyl (C=O) groups is 2. The second-order valence-electron chi connectivity index (χ2n) is 4.64. The highest BCUT2D eigenvalue weighted by atomic mass is 32.2. The first-order chi connectivity index (χ1) is 10.1. The highest BCUT2D eigenvalue weighted by molar-refractivity contribution is 7.99. The highest BCUT2D eigenvalue weighted by Gasteiger charge is 2.32. The number of carboxylic acids is 1. The Morgan fingerprint density at radius 1 is 1.48 bits per heavy atom. The van der Waals surface area contributed by atoms with Crippen molar-refractivity contribution in [2.75, 3.05) is 30.5 Å². The number of rotatable bonds is 4. The summed E-state index contributed by atoms with van der Waals surface area (Å²) in [7, 11) is 1.58. The van der Waals surface area contributed by atoms with E-state index >= 15 is 0 Å². The van der Waals surface area contributed by atoms with Crippen LogP contribution in [-0.4, -0.2) is 53.2 Å². The Balaban J connectivity index is 2.11. The van der Waals surface area contributed by atoms with Gasteiger partial charge in [-0.3, -0.25) is 0 Å². The Morgan fingerprint density at radius 3 is 2.95 bits per heavy atom. The number of nitrogens with zero attached hydrogens (tertiary/aromatic N) is 1. The van der Waals surface area contributed by atoms with Crippen molar-refractivity contribution in [3.05, 3.63) is 29.8 Å². The number of methoxy groups -OCH3 is 1. The largest absolute Gasteiger partial charge is 0.480 e. The van der Waals surface area contributed by atoms with E-state index in [2.05, 4.69) is 5.32 Å². The van der Waals surface area contributed by atoms with E-state index in [1.165, 1.54) is 4.90 Å². The van der Waals surface area contributed by atoms with Gasteiger partial charge >= 0.3 is 12.0 Å². The molecule has 0 radical (unpaired) electrons. The van der Waals surface area contributed by atoms with Gasteiger partial charge in [0.2, 0.25) is 0 Å². The number of nitrogens with one attached hydrogen (secondary N) is 1. The van der Waals surface area contributed by atoms with Gasteiger partial charge in [-0.05, 0) is 6.07 Å². The first-order valence-corrected chi connectivity index (χ1v) is 7.74. The molecule has 1 saturated heterocycles. The molecule has 6 nitrogen and oxygen atoms in total. The average molecular weight is 310 g/mol. The van der Waals surface area contributed by atoms with Crippen molar-refractivity contribution in [1.29, 1.82) is 0 Å². The van der Waals surface area contributed by atoms with Crippen LogP contribution in [0.2, 0.25) is 0 Å². The van der Waals surface area contributed by atoms with Crippen LogP contribution in [0.25, 0.3) is 0 Å². The fourth-order valence-corrected chi connectivity index (χ4v) is 3.20. The Morgan fingerprint density at radius 2 is 2.24 bits per heavy atom. The van der Waals surface area contributed by atoms with Gasteiger partial charge in [0.15, 0.2) is 0 Å². The highest BCUT2D eigenvalue weighted by Crippen LogP contribution is 2.20. The Kier molecular flexibility index (Phi) is 5.46. The predicted octanol–water partition coefficient (Wildman–Crippen LogP) is 1.87. The van der Waals surface area contributed by atoms with Crippen molar-refractivity contribution in [2.45, 2.75) is 12.6 Å². The summed E-state index contributed by atoms with van der Waals surface area (Å²) < 4.78 is 5.09. The van der Waals surface area contributed by atoms with Crippen LogP contribution in [0.1, 0.15) is 5.56 Å². The number of urea groups is 1. The van der Waals surface area contributed by atoms with Gasteiger partial charge in [-0.1, -0.05) is 18.2 Å². The standard InChI is InChI=1S/C14H18N2O4S/c1-20-8-10-4-2-3-5-11(10)15-14(19)16-6-7-21-9-12(16)13(17)18/h2-5,12H,6-9H2,1H3,(H,15,19)(H,17,18). The monoisotopic (exact) mass is 310 g/mol. The number of amides is 2. The molecule has 1 atom stereocenters. The number of aliphatic carboxylic acids is 1. The van der Waals surface area contributed by atoms with Crippen molar-refractivity contribution in [3.8, 4) is 0 Å². The zero-order valence-electron chi connectivity index (χ0n) is 11.7. The van der Waals surface area contributed by atoms with Crippen molar-refractivity contribution < 1.29 is 19.4 Å². The Hall–Kier alpha value is -1.73. The number of benzene rings is 1. The SMILES string of the molecule is COCc1ccccc1NC(=O)N1CCSCC1C(=O)O. The maximum atomic E-state index is 12.3. The van der Waals surface area contributed by atoms with E-state index in [1.807, 2.05) is 18.2 Å². The van der Waals surface area contributed by atoms with Crippen molar-refractivity contribution in [1.82, 2.24) is 4.90 Å². The molecule has 0 bridgehead atoms. The minimum absolute atomic E-state index is 0.383. The second kappa shape index (κ2) is 7.33. The van der Waals surface area contributed by atoms with Gasteiger partial charge in [0.05, 0.1) is 6.61 Å². The molecule has 0 saturated carbocycles. The molecule has 2 rings (SSSR count). The lowest BCUT2D eigenvalue weighted by atomic mass is 10.2. The molecule has 2 N–H and O–H groups in total. The van der Waals surface area contributed by atoms with Gasteiger partial charge in [-0.2, -0.15) is 11.8 Å². The molecule has 0 aliphatic carbocycles. The molecule has 0 aromatic heterocycles.